The number of aromatic nitrogens is 1. The molecule has 4 nitrogen and oxygen atoms in total. The monoisotopic (exact) mass is 234 g/mol. The van der Waals surface area contributed by atoms with Crippen molar-refractivity contribution in [2.75, 3.05) is 6.54 Å². The predicted octanol–water partition coefficient (Wildman–Crippen LogP) is 3.30. The standard InChI is InChI=1S/C13H18N2O2/c1-4-6-14-9(2)13-15-8-12(17-13)11-5-7-16-10(11)3/h5,7-9,14H,4,6H2,1-3H3. The van der Waals surface area contributed by atoms with Crippen molar-refractivity contribution < 1.29 is 8.83 Å². The molecule has 0 saturated carbocycles. The number of hydrogen-bond donors (Lipinski definition) is 1. The van der Waals surface area contributed by atoms with Gasteiger partial charge in [0.1, 0.15) is 5.76 Å². The topological polar surface area (TPSA) is 51.2 Å². The van der Waals surface area contributed by atoms with Gasteiger partial charge in [-0.05, 0) is 32.9 Å². The molecule has 0 bridgehead atoms. The fraction of sp³-hybridized carbons (Fsp3) is 0.462. The predicted molar refractivity (Wildman–Crippen MR) is 65.7 cm³/mol. The van der Waals surface area contributed by atoms with Gasteiger partial charge in [-0.15, -0.1) is 0 Å². The third kappa shape index (κ3) is 2.58. The van der Waals surface area contributed by atoms with Crippen LogP contribution in [0.2, 0.25) is 0 Å². The lowest BCUT2D eigenvalue weighted by Crippen LogP contribution is -2.19. The summed E-state index contributed by atoms with van der Waals surface area (Å²) in [6, 6.07) is 2.03. The normalized spacial score (nSPS) is 12.9. The summed E-state index contributed by atoms with van der Waals surface area (Å²) in [4.78, 5) is 4.30. The Morgan fingerprint density at radius 2 is 2.29 bits per heavy atom. The maximum absolute atomic E-state index is 5.73. The molecule has 0 aromatic carbocycles. The van der Waals surface area contributed by atoms with Crippen molar-refractivity contribution >= 4 is 0 Å². The Balaban J connectivity index is 2.13. The van der Waals surface area contributed by atoms with Gasteiger partial charge in [0.2, 0.25) is 5.89 Å². The van der Waals surface area contributed by atoms with Crippen molar-refractivity contribution in [3.05, 3.63) is 30.2 Å². The van der Waals surface area contributed by atoms with Gasteiger partial charge >= 0.3 is 0 Å². The Morgan fingerprint density at radius 1 is 1.47 bits per heavy atom. The molecule has 2 heterocycles. The summed E-state index contributed by atoms with van der Waals surface area (Å²) in [5, 5.41) is 3.34. The summed E-state index contributed by atoms with van der Waals surface area (Å²) in [6.45, 7) is 7.06. The third-order valence-corrected chi connectivity index (χ3v) is 2.72. The zero-order valence-corrected chi connectivity index (χ0v) is 10.5. The van der Waals surface area contributed by atoms with Crippen LogP contribution in [0.25, 0.3) is 11.3 Å². The van der Waals surface area contributed by atoms with Gasteiger partial charge < -0.3 is 14.2 Å². The lowest BCUT2D eigenvalue weighted by atomic mass is 10.2. The van der Waals surface area contributed by atoms with Gasteiger partial charge in [0.25, 0.3) is 0 Å². The summed E-state index contributed by atoms with van der Waals surface area (Å²) in [5.74, 6) is 2.33. The first-order chi connectivity index (χ1) is 8.22. The van der Waals surface area contributed by atoms with E-state index in [1.54, 1.807) is 12.5 Å². The van der Waals surface area contributed by atoms with E-state index in [-0.39, 0.29) is 6.04 Å². The molecule has 1 N–H and O–H groups in total. The maximum atomic E-state index is 5.73. The fourth-order valence-corrected chi connectivity index (χ4v) is 1.70. The highest BCUT2D eigenvalue weighted by atomic mass is 16.4. The maximum Gasteiger partial charge on any atom is 0.211 e. The lowest BCUT2D eigenvalue weighted by molar-refractivity contribution is 0.422. The molecule has 1 unspecified atom stereocenters. The molecule has 17 heavy (non-hydrogen) atoms. The molecular weight excluding hydrogens is 216 g/mol. The number of hydrogen-bond acceptors (Lipinski definition) is 4. The largest absolute Gasteiger partial charge is 0.469 e. The van der Waals surface area contributed by atoms with Crippen LogP contribution in [-0.4, -0.2) is 11.5 Å². The van der Waals surface area contributed by atoms with Crippen molar-refractivity contribution in [2.45, 2.75) is 33.2 Å². The quantitative estimate of drug-likeness (QED) is 0.862. The molecular formula is C13H18N2O2. The minimum absolute atomic E-state index is 0.135. The van der Waals surface area contributed by atoms with E-state index >= 15 is 0 Å². The third-order valence-electron chi connectivity index (χ3n) is 2.72. The molecule has 2 rings (SSSR count). The molecule has 92 valence electrons. The van der Waals surface area contributed by atoms with Crippen LogP contribution in [0.1, 0.15) is 38.0 Å². The van der Waals surface area contributed by atoms with Crippen molar-refractivity contribution in [3.8, 4) is 11.3 Å². The zero-order valence-electron chi connectivity index (χ0n) is 10.5. The highest BCUT2D eigenvalue weighted by molar-refractivity contribution is 5.58. The highest BCUT2D eigenvalue weighted by Gasteiger charge is 2.14. The lowest BCUT2D eigenvalue weighted by Gasteiger charge is -2.08. The Hall–Kier alpha value is -1.55. The number of aryl methyl sites for hydroxylation is 1. The van der Waals surface area contributed by atoms with Gasteiger partial charge in [-0.25, -0.2) is 4.98 Å². The summed E-state index contributed by atoms with van der Waals surface area (Å²) in [6.07, 6.45) is 4.50. The van der Waals surface area contributed by atoms with Gasteiger partial charge in [0.05, 0.1) is 24.1 Å². The van der Waals surface area contributed by atoms with Gasteiger partial charge in [-0.3, -0.25) is 0 Å². The van der Waals surface area contributed by atoms with Crippen LogP contribution < -0.4 is 5.32 Å². The molecule has 2 aromatic heterocycles. The second-order valence-corrected chi connectivity index (χ2v) is 4.13. The first-order valence-corrected chi connectivity index (χ1v) is 5.96. The Labute approximate surface area is 101 Å². The van der Waals surface area contributed by atoms with Crippen molar-refractivity contribution in [3.63, 3.8) is 0 Å². The summed E-state index contributed by atoms with van der Waals surface area (Å²) >= 11 is 0. The number of rotatable bonds is 5. The van der Waals surface area contributed by atoms with Crippen LogP contribution in [0.3, 0.4) is 0 Å². The van der Waals surface area contributed by atoms with Crippen LogP contribution in [0.15, 0.2) is 27.4 Å². The SMILES string of the molecule is CCCNC(C)c1ncc(-c2ccoc2C)o1. The molecule has 0 aliphatic heterocycles. The molecule has 0 radical (unpaired) electrons. The molecule has 1 atom stereocenters. The molecule has 4 heteroatoms. The minimum atomic E-state index is 0.135. The van der Waals surface area contributed by atoms with Crippen molar-refractivity contribution in [1.29, 1.82) is 0 Å². The van der Waals surface area contributed by atoms with Crippen LogP contribution in [0.5, 0.6) is 0 Å². The second-order valence-electron chi connectivity index (χ2n) is 4.13. The van der Waals surface area contributed by atoms with E-state index in [4.69, 9.17) is 8.83 Å². The van der Waals surface area contributed by atoms with E-state index in [1.807, 2.05) is 19.9 Å². The van der Waals surface area contributed by atoms with Crippen molar-refractivity contribution in [2.24, 2.45) is 0 Å². The Bertz CT molecular complexity index is 473. The minimum Gasteiger partial charge on any atom is -0.469 e. The van der Waals surface area contributed by atoms with E-state index in [1.165, 1.54) is 0 Å². The second kappa shape index (κ2) is 5.19. The van der Waals surface area contributed by atoms with Crippen LogP contribution in [-0.2, 0) is 0 Å². The van der Waals surface area contributed by atoms with Crippen LogP contribution in [0, 0.1) is 6.92 Å². The van der Waals surface area contributed by atoms with E-state index in [2.05, 4.69) is 17.2 Å². The zero-order chi connectivity index (χ0) is 12.3. The Morgan fingerprint density at radius 3 is 2.94 bits per heavy atom. The van der Waals surface area contributed by atoms with Crippen molar-refractivity contribution in [1.82, 2.24) is 10.3 Å². The van der Waals surface area contributed by atoms with Gasteiger partial charge in [0, 0.05) is 0 Å². The van der Waals surface area contributed by atoms with Gasteiger partial charge in [0.15, 0.2) is 5.76 Å². The molecule has 0 aliphatic carbocycles. The van der Waals surface area contributed by atoms with Gasteiger partial charge in [-0.1, -0.05) is 6.92 Å². The number of nitrogens with zero attached hydrogens (tertiary/aromatic N) is 1. The molecule has 2 aromatic rings. The molecule has 0 fully saturated rings. The number of nitrogens with one attached hydrogen (secondary N) is 1. The molecule has 0 spiro atoms. The number of oxazole rings is 1. The summed E-state index contributed by atoms with van der Waals surface area (Å²) < 4.78 is 11.0. The molecule has 0 aliphatic rings. The Kier molecular flexibility index (Phi) is 3.64. The van der Waals surface area contributed by atoms with E-state index in [9.17, 15) is 0 Å². The van der Waals surface area contributed by atoms with Gasteiger partial charge in [-0.2, -0.15) is 0 Å². The summed E-state index contributed by atoms with van der Waals surface area (Å²) in [7, 11) is 0. The smallest absolute Gasteiger partial charge is 0.211 e. The first kappa shape index (κ1) is 11.9. The average Bonchev–Trinajstić information content (AvgIpc) is 2.93. The first-order valence-electron chi connectivity index (χ1n) is 5.96. The highest BCUT2D eigenvalue weighted by Crippen LogP contribution is 2.26. The molecule has 0 saturated heterocycles. The fourth-order valence-electron chi connectivity index (χ4n) is 1.70. The van der Waals surface area contributed by atoms with Crippen LogP contribution in [0.4, 0.5) is 0 Å². The van der Waals surface area contributed by atoms with E-state index in [0.717, 1.165) is 30.0 Å². The van der Waals surface area contributed by atoms with E-state index in [0.29, 0.717) is 5.89 Å². The summed E-state index contributed by atoms with van der Waals surface area (Å²) in [5.41, 5.74) is 0.964. The number of furan rings is 1. The average molecular weight is 234 g/mol. The molecule has 0 amide bonds. The van der Waals surface area contributed by atoms with E-state index < -0.39 is 0 Å². The van der Waals surface area contributed by atoms with Crippen LogP contribution >= 0.6 is 0 Å².